The van der Waals surface area contributed by atoms with Crippen LogP contribution in [0.15, 0.2) is 77.7 Å². The van der Waals surface area contributed by atoms with Gasteiger partial charge in [0.2, 0.25) is 0 Å². The molecule has 0 radical (unpaired) electrons. The molecular formula is C23H19N3O2. The highest BCUT2D eigenvalue weighted by atomic mass is 16.5. The number of nitrogens with zero attached hydrogens (tertiary/aromatic N) is 2. The number of benzene rings is 2. The van der Waals surface area contributed by atoms with Crippen molar-refractivity contribution in [3.63, 3.8) is 0 Å². The molecule has 138 valence electrons. The Hall–Kier alpha value is -3.44. The standard InChI is InChI=1S/C23H19N3O2/c24-23(11-12-23)20-6-2-1-4-17(20)15-7-9-16(10-8-15)19-14-21(27)26(28)22-18(19)5-3-13-25-22/h1-10,13-14,28H,11-12,24H2. The highest BCUT2D eigenvalue weighted by molar-refractivity contribution is 5.92. The van der Waals surface area contributed by atoms with Gasteiger partial charge in [0.05, 0.1) is 0 Å². The van der Waals surface area contributed by atoms with Crippen molar-refractivity contribution in [3.8, 4) is 22.3 Å². The first-order valence-electron chi connectivity index (χ1n) is 9.26. The van der Waals surface area contributed by atoms with Crippen molar-refractivity contribution < 1.29 is 5.21 Å². The van der Waals surface area contributed by atoms with E-state index in [-0.39, 0.29) is 11.2 Å². The van der Waals surface area contributed by atoms with Crippen molar-refractivity contribution in [3.05, 3.63) is 88.8 Å². The third kappa shape index (κ3) is 2.60. The molecular weight excluding hydrogens is 350 g/mol. The van der Waals surface area contributed by atoms with Gasteiger partial charge in [0.15, 0.2) is 5.65 Å². The van der Waals surface area contributed by atoms with E-state index in [4.69, 9.17) is 5.73 Å². The Morgan fingerprint density at radius 3 is 2.32 bits per heavy atom. The van der Waals surface area contributed by atoms with Crippen molar-refractivity contribution in [2.75, 3.05) is 0 Å². The van der Waals surface area contributed by atoms with E-state index in [1.165, 1.54) is 11.6 Å². The molecule has 5 heteroatoms. The minimum absolute atomic E-state index is 0.206. The molecule has 0 aliphatic heterocycles. The van der Waals surface area contributed by atoms with Crippen LogP contribution in [0.1, 0.15) is 18.4 Å². The third-order valence-electron chi connectivity index (χ3n) is 5.51. The third-order valence-corrected chi connectivity index (χ3v) is 5.51. The SMILES string of the molecule is NC1(c2ccccc2-c2ccc(-c3cc(=O)n(O)c4ncccc34)cc2)CC1. The number of aromatic nitrogens is 2. The summed E-state index contributed by atoms with van der Waals surface area (Å²) in [6, 6.07) is 21.4. The van der Waals surface area contributed by atoms with Crippen molar-refractivity contribution >= 4 is 11.0 Å². The number of hydrogen-bond acceptors (Lipinski definition) is 4. The summed E-state index contributed by atoms with van der Waals surface area (Å²) in [6.45, 7) is 0. The van der Waals surface area contributed by atoms with Gasteiger partial charge < -0.3 is 10.9 Å². The van der Waals surface area contributed by atoms with Gasteiger partial charge in [0, 0.05) is 23.2 Å². The summed E-state index contributed by atoms with van der Waals surface area (Å²) >= 11 is 0. The highest BCUT2D eigenvalue weighted by Crippen LogP contribution is 2.46. The molecule has 0 spiro atoms. The predicted molar refractivity (Wildman–Crippen MR) is 109 cm³/mol. The van der Waals surface area contributed by atoms with E-state index in [0.29, 0.717) is 4.73 Å². The lowest BCUT2D eigenvalue weighted by atomic mass is 9.92. The summed E-state index contributed by atoms with van der Waals surface area (Å²) in [6.07, 6.45) is 3.58. The van der Waals surface area contributed by atoms with Gasteiger partial charge in [-0.15, -0.1) is 4.73 Å². The van der Waals surface area contributed by atoms with Gasteiger partial charge in [-0.05, 0) is 52.8 Å². The van der Waals surface area contributed by atoms with E-state index in [9.17, 15) is 10.0 Å². The van der Waals surface area contributed by atoms with Crippen LogP contribution in [-0.4, -0.2) is 14.9 Å². The van der Waals surface area contributed by atoms with E-state index in [2.05, 4.69) is 17.1 Å². The van der Waals surface area contributed by atoms with Crippen LogP contribution in [0.2, 0.25) is 0 Å². The second-order valence-electron chi connectivity index (χ2n) is 7.36. The quantitative estimate of drug-likeness (QED) is 0.537. The fraction of sp³-hybridized carbons (Fsp3) is 0.130. The predicted octanol–water partition coefficient (Wildman–Crippen LogP) is 3.92. The van der Waals surface area contributed by atoms with Crippen LogP contribution in [0.5, 0.6) is 0 Å². The molecule has 3 N–H and O–H groups in total. The molecule has 28 heavy (non-hydrogen) atoms. The number of rotatable bonds is 3. The van der Waals surface area contributed by atoms with Gasteiger partial charge >= 0.3 is 0 Å². The lowest BCUT2D eigenvalue weighted by Crippen LogP contribution is -2.19. The van der Waals surface area contributed by atoms with E-state index in [1.54, 1.807) is 12.3 Å². The monoisotopic (exact) mass is 369 g/mol. The molecule has 0 unspecified atom stereocenters. The molecule has 0 bridgehead atoms. The minimum Gasteiger partial charge on any atom is -0.423 e. The molecule has 1 aliphatic carbocycles. The minimum atomic E-state index is -0.505. The van der Waals surface area contributed by atoms with Crippen LogP contribution in [0.4, 0.5) is 0 Å². The highest BCUT2D eigenvalue weighted by Gasteiger charge is 2.41. The van der Waals surface area contributed by atoms with Crippen LogP contribution in [0.3, 0.4) is 0 Å². The second kappa shape index (κ2) is 6.04. The maximum absolute atomic E-state index is 12.1. The van der Waals surface area contributed by atoms with Crippen LogP contribution < -0.4 is 11.3 Å². The van der Waals surface area contributed by atoms with E-state index in [0.717, 1.165) is 40.5 Å². The molecule has 2 aromatic heterocycles. The Bertz CT molecular complexity index is 1260. The Labute approximate surface area is 161 Å². The van der Waals surface area contributed by atoms with Crippen molar-refractivity contribution in [2.45, 2.75) is 18.4 Å². The summed E-state index contributed by atoms with van der Waals surface area (Å²) in [5.41, 5.74) is 11.0. The smallest absolute Gasteiger partial charge is 0.285 e. The molecule has 2 aromatic carbocycles. The second-order valence-corrected chi connectivity index (χ2v) is 7.36. The first-order chi connectivity index (χ1) is 13.6. The summed E-state index contributed by atoms with van der Waals surface area (Å²) < 4.78 is 0.583. The van der Waals surface area contributed by atoms with Crippen molar-refractivity contribution in [2.24, 2.45) is 5.73 Å². The lowest BCUT2D eigenvalue weighted by molar-refractivity contribution is 0.187. The summed E-state index contributed by atoms with van der Waals surface area (Å²) in [5, 5.41) is 10.7. The summed E-state index contributed by atoms with van der Waals surface area (Å²) in [4.78, 5) is 16.3. The molecule has 5 rings (SSSR count). The van der Waals surface area contributed by atoms with Crippen LogP contribution in [-0.2, 0) is 5.54 Å². The maximum Gasteiger partial charge on any atom is 0.285 e. The van der Waals surface area contributed by atoms with Gasteiger partial charge in [-0.1, -0.05) is 48.5 Å². The lowest BCUT2D eigenvalue weighted by Gasteiger charge is -2.16. The molecule has 1 aliphatic rings. The molecule has 5 nitrogen and oxygen atoms in total. The number of pyridine rings is 2. The molecule has 1 fully saturated rings. The number of hydrogen-bond donors (Lipinski definition) is 2. The molecule has 0 saturated heterocycles. The van der Waals surface area contributed by atoms with E-state index >= 15 is 0 Å². The molecule has 0 amide bonds. The van der Waals surface area contributed by atoms with Gasteiger partial charge in [-0.3, -0.25) is 4.79 Å². The largest absolute Gasteiger partial charge is 0.423 e. The zero-order valence-corrected chi connectivity index (χ0v) is 15.2. The average Bonchev–Trinajstić information content (AvgIpc) is 3.49. The Kier molecular flexibility index (Phi) is 3.60. The normalized spacial score (nSPS) is 14.9. The fourth-order valence-corrected chi connectivity index (χ4v) is 3.78. The van der Waals surface area contributed by atoms with Crippen LogP contribution in [0, 0.1) is 0 Å². The topological polar surface area (TPSA) is 81.1 Å². The van der Waals surface area contributed by atoms with Crippen LogP contribution in [0.25, 0.3) is 33.3 Å². The summed E-state index contributed by atoms with van der Waals surface area (Å²) in [7, 11) is 0. The van der Waals surface area contributed by atoms with Gasteiger partial charge in [0.1, 0.15) is 0 Å². The zero-order chi connectivity index (χ0) is 19.3. The summed E-state index contributed by atoms with van der Waals surface area (Å²) in [5.74, 6) is 0. The first-order valence-corrected chi connectivity index (χ1v) is 9.26. The Balaban J connectivity index is 1.62. The maximum atomic E-state index is 12.1. The van der Waals surface area contributed by atoms with Gasteiger partial charge in [-0.25, -0.2) is 4.98 Å². The number of fused-ring (bicyclic) bond motifs is 1. The van der Waals surface area contributed by atoms with Crippen LogP contribution >= 0.6 is 0 Å². The average molecular weight is 369 g/mol. The molecule has 4 aromatic rings. The molecule has 1 saturated carbocycles. The number of nitrogens with two attached hydrogens (primary N) is 1. The van der Waals surface area contributed by atoms with Gasteiger partial charge in [0.25, 0.3) is 5.56 Å². The Morgan fingerprint density at radius 2 is 1.61 bits per heavy atom. The zero-order valence-electron chi connectivity index (χ0n) is 15.2. The first kappa shape index (κ1) is 16.7. The Morgan fingerprint density at radius 1 is 0.929 bits per heavy atom. The fourth-order valence-electron chi connectivity index (χ4n) is 3.78. The molecule has 2 heterocycles. The van der Waals surface area contributed by atoms with Crippen molar-refractivity contribution in [1.82, 2.24) is 9.71 Å². The molecule has 0 atom stereocenters. The van der Waals surface area contributed by atoms with Gasteiger partial charge in [-0.2, -0.15) is 0 Å². The van der Waals surface area contributed by atoms with E-state index < -0.39 is 5.56 Å². The van der Waals surface area contributed by atoms with E-state index in [1.807, 2.05) is 42.5 Å². The van der Waals surface area contributed by atoms with Crippen molar-refractivity contribution in [1.29, 1.82) is 0 Å².